The first kappa shape index (κ1) is 23.4. The number of ether oxygens (including phenoxy) is 1. The fourth-order valence-electron chi connectivity index (χ4n) is 3.70. The van der Waals surface area contributed by atoms with Crippen LogP contribution < -0.4 is 10.9 Å². The molecule has 2 aromatic heterocycles. The number of nitrogens with one attached hydrogen (secondary N) is 1. The Morgan fingerprint density at radius 2 is 1.80 bits per heavy atom. The van der Waals surface area contributed by atoms with E-state index in [1.54, 1.807) is 24.3 Å². The van der Waals surface area contributed by atoms with E-state index in [4.69, 9.17) is 4.74 Å². The van der Waals surface area contributed by atoms with Crippen molar-refractivity contribution >= 4 is 28.6 Å². The lowest BCUT2D eigenvalue weighted by Gasteiger charge is -2.13. The molecule has 0 aliphatic rings. The van der Waals surface area contributed by atoms with Crippen molar-refractivity contribution in [2.45, 2.75) is 26.9 Å². The lowest BCUT2D eigenvalue weighted by molar-refractivity contribution is -0.148. The first-order valence-electron chi connectivity index (χ1n) is 10.8. The van der Waals surface area contributed by atoms with Gasteiger partial charge in [-0.3, -0.25) is 14.4 Å². The summed E-state index contributed by atoms with van der Waals surface area (Å²) in [7, 11) is 0. The predicted octanol–water partition coefficient (Wildman–Crippen LogP) is 2.31. The van der Waals surface area contributed by atoms with E-state index in [0.29, 0.717) is 28.8 Å². The number of esters is 1. The average molecular weight is 470 g/mol. The summed E-state index contributed by atoms with van der Waals surface area (Å²) < 4.78 is 7.77. The van der Waals surface area contributed by atoms with Crippen molar-refractivity contribution in [3.05, 3.63) is 87.3 Å². The second kappa shape index (κ2) is 10.0. The minimum Gasteiger partial charge on any atom is -0.454 e. The Bertz CT molecular complexity index is 1510. The van der Waals surface area contributed by atoms with Crippen LogP contribution in [0.2, 0.25) is 0 Å². The molecular formula is C25H22N6O4. The Labute approximate surface area is 200 Å². The summed E-state index contributed by atoms with van der Waals surface area (Å²) in [5, 5.41) is 20.3. The number of hydrogen-bond acceptors (Lipinski definition) is 7. The monoisotopic (exact) mass is 470 g/mol. The number of rotatable bonds is 7. The molecule has 0 saturated carbocycles. The Hall–Kier alpha value is -4.78. The van der Waals surface area contributed by atoms with Crippen LogP contribution in [0.4, 0.5) is 5.82 Å². The fraction of sp³-hybridized carbons (Fsp3) is 0.200. The lowest BCUT2D eigenvalue weighted by Crippen LogP contribution is -2.30. The zero-order valence-electron chi connectivity index (χ0n) is 19.2. The molecule has 2 heterocycles. The third-order valence-corrected chi connectivity index (χ3v) is 5.65. The maximum atomic E-state index is 12.6. The van der Waals surface area contributed by atoms with Crippen LogP contribution >= 0.6 is 0 Å². The highest BCUT2D eigenvalue weighted by Gasteiger charge is 2.20. The van der Waals surface area contributed by atoms with Gasteiger partial charge in [-0.1, -0.05) is 47.7 Å². The number of nitrogens with zero attached hydrogens (tertiary/aromatic N) is 5. The van der Waals surface area contributed by atoms with Gasteiger partial charge in [-0.15, -0.1) is 5.10 Å². The van der Waals surface area contributed by atoms with Crippen LogP contribution in [0.5, 0.6) is 0 Å². The van der Waals surface area contributed by atoms with Gasteiger partial charge in [0, 0.05) is 12.2 Å². The minimum absolute atomic E-state index is 0.321. The minimum atomic E-state index is -0.820. The van der Waals surface area contributed by atoms with Gasteiger partial charge in [-0.2, -0.15) is 9.94 Å². The van der Waals surface area contributed by atoms with Crippen LogP contribution in [0.25, 0.3) is 10.9 Å². The van der Waals surface area contributed by atoms with Crippen molar-refractivity contribution in [1.82, 2.24) is 19.6 Å². The number of aromatic nitrogens is 4. The van der Waals surface area contributed by atoms with Crippen LogP contribution in [0.3, 0.4) is 0 Å². The van der Waals surface area contributed by atoms with Gasteiger partial charge in [0.05, 0.1) is 10.9 Å². The number of carbonyl (C=O) groups excluding carboxylic acids is 2. The van der Waals surface area contributed by atoms with E-state index in [1.807, 2.05) is 48.7 Å². The molecule has 0 aliphatic heterocycles. The van der Waals surface area contributed by atoms with Gasteiger partial charge in [0.1, 0.15) is 23.9 Å². The Balaban J connectivity index is 1.45. The predicted molar refractivity (Wildman–Crippen MR) is 128 cm³/mol. The highest BCUT2D eigenvalue weighted by Crippen LogP contribution is 2.27. The van der Waals surface area contributed by atoms with Crippen LogP contribution in [0.15, 0.2) is 59.4 Å². The maximum absolute atomic E-state index is 12.6. The number of benzene rings is 2. The zero-order valence-corrected chi connectivity index (χ0v) is 19.2. The van der Waals surface area contributed by atoms with Crippen LogP contribution in [-0.2, 0) is 27.4 Å². The third kappa shape index (κ3) is 4.94. The molecule has 10 nitrogen and oxygen atoms in total. The molecule has 4 rings (SSSR count). The topological polar surface area (TPSA) is 132 Å². The average Bonchev–Trinajstić information content (AvgIpc) is 3.09. The van der Waals surface area contributed by atoms with E-state index in [9.17, 15) is 19.6 Å². The van der Waals surface area contributed by atoms with Crippen molar-refractivity contribution in [3.63, 3.8) is 0 Å². The first-order chi connectivity index (χ1) is 16.9. The summed E-state index contributed by atoms with van der Waals surface area (Å²) >= 11 is 0. The summed E-state index contributed by atoms with van der Waals surface area (Å²) in [6.45, 7) is 3.06. The molecule has 1 amide bonds. The molecule has 1 N–H and O–H groups in total. The van der Waals surface area contributed by atoms with Gasteiger partial charge < -0.3 is 14.6 Å². The zero-order chi connectivity index (χ0) is 24.9. The second-order valence-electron chi connectivity index (χ2n) is 7.90. The van der Waals surface area contributed by atoms with E-state index in [0.717, 1.165) is 21.5 Å². The molecule has 0 bridgehead atoms. The van der Waals surface area contributed by atoms with E-state index in [1.165, 1.54) is 0 Å². The van der Waals surface area contributed by atoms with E-state index in [2.05, 4.69) is 21.7 Å². The maximum Gasteiger partial charge on any atom is 0.328 e. The van der Waals surface area contributed by atoms with Crippen molar-refractivity contribution in [2.24, 2.45) is 0 Å². The van der Waals surface area contributed by atoms with E-state index in [-0.39, 0.29) is 0 Å². The van der Waals surface area contributed by atoms with Crippen LogP contribution in [-0.4, -0.2) is 38.0 Å². The molecule has 10 heteroatoms. The molecule has 0 fully saturated rings. The molecule has 176 valence electrons. The van der Waals surface area contributed by atoms with Gasteiger partial charge in [0.2, 0.25) is 0 Å². The van der Waals surface area contributed by atoms with Crippen molar-refractivity contribution in [1.29, 1.82) is 5.26 Å². The Morgan fingerprint density at radius 3 is 2.54 bits per heavy atom. The third-order valence-electron chi connectivity index (χ3n) is 5.65. The normalized spacial score (nSPS) is 10.7. The number of amides is 1. The molecule has 4 aromatic rings. The van der Waals surface area contributed by atoms with Crippen molar-refractivity contribution in [3.8, 4) is 6.07 Å². The molecule has 0 aliphatic carbocycles. The van der Waals surface area contributed by atoms with Crippen LogP contribution in [0.1, 0.15) is 22.4 Å². The molecule has 0 saturated heterocycles. The summed E-state index contributed by atoms with van der Waals surface area (Å²) in [4.78, 5) is 37.3. The summed E-state index contributed by atoms with van der Waals surface area (Å²) in [5.41, 5.74) is 2.87. The second-order valence-corrected chi connectivity index (χ2v) is 7.90. The Kier molecular flexibility index (Phi) is 6.69. The highest BCUT2D eigenvalue weighted by molar-refractivity contribution is 5.93. The number of fused-ring (bicyclic) bond motifs is 1. The van der Waals surface area contributed by atoms with Gasteiger partial charge in [-0.05, 0) is 37.1 Å². The number of nitriles is 1. The van der Waals surface area contributed by atoms with E-state index < -0.39 is 30.6 Å². The number of hydrogen-bond donors (Lipinski definition) is 1. The summed E-state index contributed by atoms with van der Waals surface area (Å²) in [6, 6.07) is 18.4. The fourth-order valence-corrected chi connectivity index (χ4v) is 3.70. The van der Waals surface area contributed by atoms with Crippen LogP contribution in [0, 0.1) is 25.2 Å². The molecular weight excluding hydrogens is 448 g/mol. The Morgan fingerprint density at radius 1 is 1.09 bits per heavy atom. The molecule has 0 atom stereocenters. The largest absolute Gasteiger partial charge is 0.454 e. The molecule has 0 spiro atoms. The number of anilines is 1. The number of carbonyl (C=O) groups is 2. The molecule has 35 heavy (non-hydrogen) atoms. The highest BCUT2D eigenvalue weighted by atomic mass is 16.5. The first-order valence-corrected chi connectivity index (χ1v) is 10.8. The van der Waals surface area contributed by atoms with Gasteiger partial charge in [0.25, 0.3) is 11.5 Å². The van der Waals surface area contributed by atoms with E-state index >= 15 is 0 Å². The van der Waals surface area contributed by atoms with Gasteiger partial charge >= 0.3 is 5.97 Å². The lowest BCUT2D eigenvalue weighted by atomic mass is 10.2. The quantitative estimate of drug-likeness (QED) is 0.410. The van der Waals surface area contributed by atoms with Gasteiger partial charge in [-0.25, -0.2) is 0 Å². The van der Waals surface area contributed by atoms with Gasteiger partial charge in [0.15, 0.2) is 6.61 Å². The smallest absolute Gasteiger partial charge is 0.328 e. The molecule has 0 unspecified atom stereocenters. The molecule has 2 aromatic carbocycles. The summed E-state index contributed by atoms with van der Waals surface area (Å²) in [6.07, 6.45) is 0. The SMILES string of the molecule is Cc1c(C#N)c(NC(=O)COC(=O)Cn2nnc3ccccc3c2=O)n(Cc2ccccc2)c1C. The van der Waals surface area contributed by atoms with Crippen molar-refractivity contribution < 1.29 is 14.3 Å². The summed E-state index contributed by atoms with van der Waals surface area (Å²) in [5.74, 6) is -1.10. The standard InChI is InChI=1S/C25H22N6O4/c1-16-17(2)30(13-18-8-4-3-5-9-18)24(20(16)12-26)27-22(32)15-35-23(33)14-31-25(34)19-10-6-7-11-21(19)28-29-31/h3-11H,13-15H2,1-2H3,(H,27,32). The molecule has 0 radical (unpaired) electrons. The van der Waals surface area contributed by atoms with Crippen molar-refractivity contribution in [2.75, 3.05) is 11.9 Å².